The Morgan fingerprint density at radius 2 is 1.23 bits per heavy atom. The first-order chi connectivity index (χ1) is 10.8. The Morgan fingerprint density at radius 1 is 0.773 bits per heavy atom. The van der Waals surface area contributed by atoms with Crippen molar-refractivity contribution in [3.8, 4) is 12.1 Å². The fourth-order valence-electron chi connectivity index (χ4n) is 4.50. The molecule has 0 saturated carbocycles. The van der Waals surface area contributed by atoms with Crippen molar-refractivity contribution in [2.75, 3.05) is 0 Å². The van der Waals surface area contributed by atoms with Gasteiger partial charge in [0.25, 0.3) is 0 Å². The molecule has 4 atom stereocenters. The molecule has 0 radical (unpaired) electrons. The van der Waals surface area contributed by atoms with Gasteiger partial charge in [-0.3, -0.25) is 0 Å². The number of hydrogen-bond donors (Lipinski definition) is 0. The van der Waals surface area contributed by atoms with Gasteiger partial charge in [-0.2, -0.15) is 10.5 Å². The van der Waals surface area contributed by atoms with Gasteiger partial charge in [0, 0.05) is 11.8 Å². The predicted octanol–water partition coefficient (Wildman–Crippen LogP) is 4.54. The van der Waals surface area contributed by atoms with E-state index in [4.69, 9.17) is 0 Å². The van der Waals surface area contributed by atoms with Gasteiger partial charge < -0.3 is 0 Å². The molecule has 0 N–H and O–H groups in total. The second kappa shape index (κ2) is 5.15. The number of rotatable bonds is 0. The molecule has 0 spiro atoms. The number of hydrogen-bond acceptors (Lipinski definition) is 2. The average molecular weight is 286 g/mol. The highest BCUT2D eigenvalue weighted by Gasteiger charge is 2.35. The van der Waals surface area contributed by atoms with Crippen LogP contribution in [0.15, 0.2) is 36.4 Å². The summed E-state index contributed by atoms with van der Waals surface area (Å²) in [6.07, 6.45) is 14.1. The summed E-state index contributed by atoms with van der Waals surface area (Å²) in [6, 6.07) is 8.34. The van der Waals surface area contributed by atoms with Gasteiger partial charge in [0.1, 0.15) is 12.1 Å². The molecule has 4 aliphatic carbocycles. The van der Waals surface area contributed by atoms with Crippen molar-refractivity contribution in [2.24, 2.45) is 11.8 Å². The van der Waals surface area contributed by atoms with E-state index < -0.39 is 0 Å². The van der Waals surface area contributed by atoms with Gasteiger partial charge in [-0.25, -0.2) is 0 Å². The summed E-state index contributed by atoms with van der Waals surface area (Å²) in [4.78, 5) is 0. The maximum absolute atomic E-state index is 9.31. The lowest BCUT2D eigenvalue weighted by molar-refractivity contribution is 0.258. The number of benzene rings is 1. The highest BCUT2D eigenvalue weighted by molar-refractivity contribution is 5.55. The molecule has 2 nitrogen and oxygen atoms in total. The summed E-state index contributed by atoms with van der Waals surface area (Å²) < 4.78 is 0. The molecular formula is C20H18N2. The highest BCUT2D eigenvalue weighted by Crippen LogP contribution is 2.48. The van der Waals surface area contributed by atoms with E-state index in [1.165, 1.54) is 36.8 Å². The van der Waals surface area contributed by atoms with E-state index in [1.54, 1.807) is 0 Å². The zero-order chi connectivity index (χ0) is 15.1. The number of nitrogens with zero attached hydrogens (tertiary/aromatic N) is 2. The topological polar surface area (TPSA) is 47.6 Å². The lowest BCUT2D eigenvalue weighted by Crippen LogP contribution is -2.26. The van der Waals surface area contributed by atoms with Gasteiger partial charge in [0.2, 0.25) is 0 Å². The van der Waals surface area contributed by atoms with Crippen molar-refractivity contribution < 1.29 is 0 Å². The molecule has 0 fully saturated rings. The summed E-state index contributed by atoms with van der Waals surface area (Å²) in [7, 11) is 0. The molecule has 5 rings (SSSR count). The monoisotopic (exact) mass is 286 g/mol. The van der Waals surface area contributed by atoms with Crippen LogP contribution in [0, 0.1) is 34.5 Å². The second-order valence-electron chi connectivity index (χ2n) is 6.78. The van der Waals surface area contributed by atoms with Crippen molar-refractivity contribution >= 4 is 0 Å². The van der Waals surface area contributed by atoms with Crippen LogP contribution < -0.4 is 0 Å². The van der Waals surface area contributed by atoms with Crippen molar-refractivity contribution in [3.63, 3.8) is 0 Å². The van der Waals surface area contributed by atoms with Gasteiger partial charge in [0.05, 0.1) is 11.1 Å². The number of allylic oxidation sites excluding steroid dienone is 4. The van der Waals surface area contributed by atoms with Crippen LogP contribution in [0.2, 0.25) is 0 Å². The van der Waals surface area contributed by atoms with E-state index in [0.717, 1.165) is 11.8 Å². The Hall–Kier alpha value is -2.32. The molecule has 4 aliphatic rings. The van der Waals surface area contributed by atoms with E-state index in [2.05, 4.69) is 36.4 Å². The Balaban J connectivity index is 1.83. The molecule has 0 aromatic heterocycles. The Bertz CT molecular complexity index is 694. The summed E-state index contributed by atoms with van der Waals surface area (Å²) in [5.41, 5.74) is 3.63. The van der Waals surface area contributed by atoms with Crippen LogP contribution in [-0.4, -0.2) is 0 Å². The van der Waals surface area contributed by atoms with Crippen molar-refractivity contribution in [2.45, 2.75) is 37.5 Å². The third-order valence-electron chi connectivity index (χ3n) is 5.66. The summed E-state index contributed by atoms with van der Waals surface area (Å²) in [6.45, 7) is 0. The van der Waals surface area contributed by atoms with Gasteiger partial charge >= 0.3 is 0 Å². The molecule has 22 heavy (non-hydrogen) atoms. The van der Waals surface area contributed by atoms with E-state index >= 15 is 0 Å². The SMILES string of the molecule is N#Cc1cc2c(cc1C#N)[C@H]1C=C[C@@H]2C[C@@H]2CC=CC[C@H]2C1. The molecule has 108 valence electrons. The molecule has 0 saturated heterocycles. The normalized spacial score (nSPS) is 31.4. The highest BCUT2D eigenvalue weighted by atomic mass is 14.4. The van der Waals surface area contributed by atoms with Crippen LogP contribution in [0.25, 0.3) is 0 Å². The van der Waals surface area contributed by atoms with Gasteiger partial charge in [0.15, 0.2) is 0 Å². The van der Waals surface area contributed by atoms with E-state index in [0.29, 0.717) is 23.0 Å². The smallest absolute Gasteiger partial charge is 0.101 e. The van der Waals surface area contributed by atoms with Crippen LogP contribution in [0.1, 0.15) is 59.8 Å². The minimum Gasteiger partial charge on any atom is -0.192 e. The fraction of sp³-hybridized carbons (Fsp3) is 0.400. The predicted molar refractivity (Wildman–Crippen MR) is 85.1 cm³/mol. The first-order valence-electron chi connectivity index (χ1n) is 8.11. The molecule has 2 bridgehead atoms. The minimum absolute atomic E-state index is 0.408. The minimum atomic E-state index is 0.408. The largest absolute Gasteiger partial charge is 0.192 e. The lowest BCUT2D eigenvalue weighted by atomic mass is 9.65. The molecule has 1 aromatic rings. The van der Waals surface area contributed by atoms with Crippen LogP contribution in [0.5, 0.6) is 0 Å². The summed E-state index contributed by atoms with van der Waals surface area (Å²) in [5.74, 6) is 2.34. The average Bonchev–Trinajstić information content (AvgIpc) is 2.54. The van der Waals surface area contributed by atoms with Crippen LogP contribution >= 0.6 is 0 Å². The molecule has 2 heteroatoms. The zero-order valence-electron chi connectivity index (χ0n) is 12.5. The lowest BCUT2D eigenvalue weighted by Gasteiger charge is -2.39. The maximum atomic E-state index is 9.31. The van der Waals surface area contributed by atoms with Crippen molar-refractivity contribution in [1.29, 1.82) is 10.5 Å². The standard InChI is InChI=1S/C20H18N2/c21-11-17-9-19-15-5-6-16(20(19)10-18(17)12-22)8-14-4-2-1-3-13(14)7-15/h1-2,5-6,9-10,13-16H,3-4,7-8H2/t13-,14-,15-,16+/m0/s1. The first kappa shape index (κ1) is 13.4. The van der Waals surface area contributed by atoms with Gasteiger partial charge in [-0.05, 0) is 60.8 Å². The van der Waals surface area contributed by atoms with Gasteiger partial charge in [-0.15, -0.1) is 0 Å². The first-order valence-corrected chi connectivity index (χ1v) is 8.11. The van der Waals surface area contributed by atoms with E-state index in [9.17, 15) is 10.5 Å². The molecule has 0 aliphatic heterocycles. The molecule has 0 heterocycles. The molecule has 0 amide bonds. The third kappa shape index (κ3) is 1.99. The second-order valence-corrected chi connectivity index (χ2v) is 6.78. The molecular weight excluding hydrogens is 268 g/mol. The van der Waals surface area contributed by atoms with Crippen LogP contribution in [-0.2, 0) is 0 Å². The van der Waals surface area contributed by atoms with Gasteiger partial charge in [-0.1, -0.05) is 24.3 Å². The quantitative estimate of drug-likeness (QED) is 0.657. The fourth-order valence-corrected chi connectivity index (χ4v) is 4.50. The summed E-state index contributed by atoms with van der Waals surface area (Å²) in [5, 5.41) is 18.6. The Morgan fingerprint density at radius 3 is 1.64 bits per heavy atom. The third-order valence-corrected chi connectivity index (χ3v) is 5.66. The Labute approximate surface area is 131 Å². The Kier molecular flexibility index (Phi) is 3.12. The van der Waals surface area contributed by atoms with Crippen LogP contribution in [0.4, 0.5) is 0 Å². The molecule has 1 aromatic carbocycles. The molecule has 0 unspecified atom stereocenters. The maximum Gasteiger partial charge on any atom is 0.101 e. The zero-order valence-corrected chi connectivity index (χ0v) is 12.5. The van der Waals surface area contributed by atoms with Crippen LogP contribution in [0.3, 0.4) is 0 Å². The van der Waals surface area contributed by atoms with Crippen molar-refractivity contribution in [1.82, 2.24) is 0 Å². The van der Waals surface area contributed by atoms with E-state index in [1.807, 2.05) is 12.1 Å². The number of nitriles is 2. The van der Waals surface area contributed by atoms with Crippen molar-refractivity contribution in [3.05, 3.63) is 58.7 Å². The van der Waals surface area contributed by atoms with E-state index in [-0.39, 0.29) is 0 Å². The summed E-state index contributed by atoms with van der Waals surface area (Å²) >= 11 is 0.